The monoisotopic (exact) mass is 265 g/mol. The van der Waals surface area contributed by atoms with Crippen LogP contribution >= 0.6 is 0 Å². The molecule has 4 nitrogen and oxygen atoms in total. The van der Waals surface area contributed by atoms with Crippen LogP contribution in [0.25, 0.3) is 0 Å². The van der Waals surface area contributed by atoms with Crippen molar-refractivity contribution in [2.45, 2.75) is 51.0 Å². The van der Waals surface area contributed by atoms with Crippen LogP contribution in [-0.4, -0.2) is 49.6 Å². The van der Waals surface area contributed by atoms with Gasteiger partial charge in [-0.1, -0.05) is 12.8 Å². The maximum Gasteiger partial charge on any atom is 0.234 e. The van der Waals surface area contributed by atoms with E-state index in [2.05, 4.69) is 15.5 Å². The Morgan fingerprint density at radius 3 is 2.68 bits per heavy atom. The molecule has 1 aliphatic carbocycles. The normalized spacial score (nSPS) is 28.0. The Balaban J connectivity index is 1.44. The fraction of sp³-hybridized carbons (Fsp3) is 0.933. The molecular weight excluding hydrogens is 238 g/mol. The van der Waals surface area contributed by atoms with Crippen molar-refractivity contribution in [1.82, 2.24) is 15.5 Å². The number of carbonyl (C=O) groups excluding carboxylic acids is 1. The van der Waals surface area contributed by atoms with Gasteiger partial charge < -0.3 is 10.6 Å². The maximum absolute atomic E-state index is 12.1. The molecule has 3 rings (SSSR count). The Morgan fingerprint density at radius 1 is 1.21 bits per heavy atom. The van der Waals surface area contributed by atoms with E-state index >= 15 is 0 Å². The maximum atomic E-state index is 12.1. The Hall–Kier alpha value is -0.610. The zero-order chi connectivity index (χ0) is 13.1. The molecule has 4 heteroatoms. The van der Waals surface area contributed by atoms with Crippen LogP contribution in [0.1, 0.15) is 44.9 Å². The van der Waals surface area contributed by atoms with Crippen molar-refractivity contribution in [1.29, 1.82) is 0 Å². The van der Waals surface area contributed by atoms with Gasteiger partial charge in [-0.25, -0.2) is 0 Å². The van der Waals surface area contributed by atoms with Gasteiger partial charge in [-0.3, -0.25) is 9.69 Å². The summed E-state index contributed by atoms with van der Waals surface area (Å²) in [7, 11) is 0. The van der Waals surface area contributed by atoms with Gasteiger partial charge in [0.25, 0.3) is 0 Å². The highest BCUT2D eigenvalue weighted by Crippen LogP contribution is 2.38. The number of hydrogen-bond donors (Lipinski definition) is 2. The summed E-state index contributed by atoms with van der Waals surface area (Å²) in [6.07, 6.45) is 8.78. The van der Waals surface area contributed by atoms with Gasteiger partial charge in [0.15, 0.2) is 0 Å². The van der Waals surface area contributed by atoms with Gasteiger partial charge in [0, 0.05) is 12.6 Å². The Morgan fingerprint density at radius 2 is 1.95 bits per heavy atom. The number of rotatable bonds is 3. The first-order valence-corrected chi connectivity index (χ1v) is 7.98. The Bertz CT molecular complexity index is 319. The highest BCUT2D eigenvalue weighted by Gasteiger charge is 2.39. The lowest BCUT2D eigenvalue weighted by Crippen LogP contribution is -2.42. The second-order valence-corrected chi connectivity index (χ2v) is 6.76. The van der Waals surface area contributed by atoms with E-state index in [-0.39, 0.29) is 5.91 Å². The van der Waals surface area contributed by atoms with Gasteiger partial charge in [0.05, 0.1) is 6.54 Å². The first-order valence-electron chi connectivity index (χ1n) is 7.98. The molecule has 1 spiro atoms. The number of nitrogens with one attached hydrogen (secondary N) is 2. The summed E-state index contributed by atoms with van der Waals surface area (Å²) in [4.78, 5) is 14.4. The van der Waals surface area contributed by atoms with Crippen molar-refractivity contribution < 1.29 is 4.79 Å². The minimum absolute atomic E-state index is 0.248. The van der Waals surface area contributed by atoms with Crippen molar-refractivity contribution in [3.8, 4) is 0 Å². The minimum Gasteiger partial charge on any atom is -0.352 e. The van der Waals surface area contributed by atoms with Gasteiger partial charge in [0.1, 0.15) is 0 Å². The molecule has 19 heavy (non-hydrogen) atoms. The number of piperidine rings is 1. The predicted octanol–water partition coefficient (Wildman–Crippen LogP) is 1.12. The summed E-state index contributed by atoms with van der Waals surface area (Å²) < 4.78 is 0. The van der Waals surface area contributed by atoms with E-state index in [1.165, 1.54) is 44.9 Å². The van der Waals surface area contributed by atoms with Gasteiger partial charge >= 0.3 is 0 Å². The zero-order valence-electron chi connectivity index (χ0n) is 11.9. The number of hydrogen-bond acceptors (Lipinski definition) is 3. The fourth-order valence-corrected chi connectivity index (χ4v) is 4.07. The molecule has 0 bridgehead atoms. The lowest BCUT2D eigenvalue weighted by molar-refractivity contribution is -0.122. The van der Waals surface area contributed by atoms with Crippen molar-refractivity contribution >= 4 is 5.91 Å². The SMILES string of the molecule is O=C(CN1CCC2(CCNCC2)C1)NC1CCCC1. The molecule has 2 N–H and O–H groups in total. The second-order valence-electron chi connectivity index (χ2n) is 6.76. The summed E-state index contributed by atoms with van der Waals surface area (Å²) >= 11 is 0. The first-order chi connectivity index (χ1) is 9.26. The summed E-state index contributed by atoms with van der Waals surface area (Å²) in [5.41, 5.74) is 0.513. The average Bonchev–Trinajstić information content (AvgIpc) is 3.02. The van der Waals surface area contributed by atoms with Crippen LogP contribution in [0.2, 0.25) is 0 Å². The first kappa shape index (κ1) is 13.4. The smallest absolute Gasteiger partial charge is 0.234 e. The summed E-state index contributed by atoms with van der Waals surface area (Å²) in [5.74, 6) is 0.248. The third-order valence-corrected chi connectivity index (χ3v) is 5.27. The van der Waals surface area contributed by atoms with Gasteiger partial charge in [-0.05, 0) is 57.2 Å². The highest BCUT2D eigenvalue weighted by atomic mass is 16.2. The quantitative estimate of drug-likeness (QED) is 0.804. The lowest BCUT2D eigenvalue weighted by atomic mass is 9.78. The highest BCUT2D eigenvalue weighted by molar-refractivity contribution is 5.78. The molecule has 0 aromatic carbocycles. The topological polar surface area (TPSA) is 44.4 Å². The second kappa shape index (κ2) is 5.80. The third kappa shape index (κ3) is 3.29. The molecule has 0 aromatic heterocycles. The molecule has 0 unspecified atom stereocenters. The average molecular weight is 265 g/mol. The molecule has 1 saturated carbocycles. The number of carbonyl (C=O) groups is 1. The van der Waals surface area contributed by atoms with Crippen LogP contribution in [0.5, 0.6) is 0 Å². The van der Waals surface area contributed by atoms with Crippen LogP contribution in [0.15, 0.2) is 0 Å². The van der Waals surface area contributed by atoms with E-state index in [4.69, 9.17) is 0 Å². The molecule has 3 aliphatic rings. The van der Waals surface area contributed by atoms with Crippen LogP contribution in [-0.2, 0) is 4.79 Å². The summed E-state index contributed by atoms with van der Waals surface area (Å²) in [6, 6.07) is 0.461. The third-order valence-electron chi connectivity index (χ3n) is 5.27. The van der Waals surface area contributed by atoms with Crippen LogP contribution in [0.4, 0.5) is 0 Å². The number of likely N-dealkylation sites (tertiary alicyclic amines) is 1. The van der Waals surface area contributed by atoms with E-state index in [0.29, 0.717) is 18.0 Å². The van der Waals surface area contributed by atoms with Crippen molar-refractivity contribution in [2.24, 2.45) is 5.41 Å². The predicted molar refractivity (Wildman–Crippen MR) is 76.0 cm³/mol. The summed E-state index contributed by atoms with van der Waals surface area (Å²) in [6.45, 7) is 5.17. The van der Waals surface area contributed by atoms with E-state index < -0.39 is 0 Å². The molecule has 2 aliphatic heterocycles. The van der Waals surface area contributed by atoms with Crippen molar-refractivity contribution in [2.75, 3.05) is 32.7 Å². The standard InChI is InChI=1S/C15H27N3O/c19-14(17-13-3-1-2-4-13)11-18-10-7-15(12-18)5-8-16-9-6-15/h13,16H,1-12H2,(H,17,19). The van der Waals surface area contributed by atoms with Gasteiger partial charge in [0.2, 0.25) is 5.91 Å². The zero-order valence-corrected chi connectivity index (χ0v) is 11.9. The minimum atomic E-state index is 0.248. The number of amides is 1. The summed E-state index contributed by atoms with van der Waals surface area (Å²) in [5, 5.41) is 6.65. The molecule has 1 amide bonds. The molecule has 0 radical (unpaired) electrons. The van der Waals surface area contributed by atoms with Gasteiger partial charge in [-0.2, -0.15) is 0 Å². The van der Waals surface area contributed by atoms with E-state index in [1.807, 2.05) is 0 Å². The van der Waals surface area contributed by atoms with Gasteiger partial charge in [-0.15, -0.1) is 0 Å². The molecule has 108 valence electrons. The molecule has 2 heterocycles. The largest absolute Gasteiger partial charge is 0.352 e. The molecular formula is C15H27N3O. The molecule has 3 fully saturated rings. The van der Waals surface area contributed by atoms with Crippen LogP contribution < -0.4 is 10.6 Å². The molecule has 0 aromatic rings. The Labute approximate surface area is 116 Å². The van der Waals surface area contributed by atoms with E-state index in [0.717, 1.165) is 26.2 Å². The molecule has 2 saturated heterocycles. The molecule has 0 atom stereocenters. The van der Waals surface area contributed by atoms with Crippen LogP contribution in [0, 0.1) is 5.41 Å². The van der Waals surface area contributed by atoms with Crippen molar-refractivity contribution in [3.05, 3.63) is 0 Å². The lowest BCUT2D eigenvalue weighted by Gasteiger charge is -2.33. The number of nitrogens with zero attached hydrogens (tertiary/aromatic N) is 1. The van der Waals surface area contributed by atoms with E-state index in [9.17, 15) is 4.79 Å². The van der Waals surface area contributed by atoms with E-state index in [1.54, 1.807) is 0 Å². The Kier molecular flexibility index (Phi) is 4.08. The van der Waals surface area contributed by atoms with Crippen molar-refractivity contribution in [3.63, 3.8) is 0 Å². The van der Waals surface area contributed by atoms with Crippen LogP contribution in [0.3, 0.4) is 0 Å². The fourth-order valence-electron chi connectivity index (χ4n) is 4.07.